The van der Waals surface area contributed by atoms with Crippen LogP contribution in [0.15, 0.2) is 60.1 Å². The number of halogens is 2. The van der Waals surface area contributed by atoms with Gasteiger partial charge in [-0.25, -0.2) is 19.0 Å². The van der Waals surface area contributed by atoms with E-state index in [2.05, 4.69) is 37.8 Å². The maximum absolute atomic E-state index is 13.7. The van der Waals surface area contributed by atoms with Crippen molar-refractivity contribution in [1.82, 2.24) is 25.4 Å². The highest BCUT2D eigenvalue weighted by Gasteiger charge is 2.03. The van der Waals surface area contributed by atoms with Crippen LogP contribution in [0.2, 0.25) is 0 Å². The molecular formula is C21H26FIN6. The predicted molar refractivity (Wildman–Crippen MR) is 124 cm³/mol. The summed E-state index contributed by atoms with van der Waals surface area (Å²) in [6.07, 6.45) is 3.23. The van der Waals surface area contributed by atoms with Gasteiger partial charge >= 0.3 is 0 Å². The Bertz CT molecular complexity index is 927. The molecule has 0 aliphatic carbocycles. The smallest absolute Gasteiger partial charge is 0.191 e. The first-order valence-electron chi connectivity index (χ1n) is 9.31. The van der Waals surface area contributed by atoms with Gasteiger partial charge in [-0.3, -0.25) is 0 Å². The molecule has 1 heterocycles. The third-order valence-electron chi connectivity index (χ3n) is 4.26. The molecule has 0 radical (unpaired) electrons. The quantitative estimate of drug-likeness (QED) is 0.291. The second-order valence-corrected chi connectivity index (χ2v) is 6.55. The molecular weight excluding hydrogens is 482 g/mol. The fourth-order valence-corrected chi connectivity index (χ4v) is 2.77. The topological polar surface area (TPSA) is 67.1 Å². The molecule has 3 aromatic rings. The van der Waals surface area contributed by atoms with Gasteiger partial charge in [-0.1, -0.05) is 36.4 Å². The van der Waals surface area contributed by atoms with Crippen molar-refractivity contribution in [1.29, 1.82) is 0 Å². The number of aromatic nitrogens is 3. The Balaban J connectivity index is 0.00000300. The largest absolute Gasteiger partial charge is 0.357 e. The summed E-state index contributed by atoms with van der Waals surface area (Å²) in [6, 6.07) is 13.5. The van der Waals surface area contributed by atoms with E-state index in [0.717, 1.165) is 23.2 Å². The SMILES string of the molecule is CCNC(=NCc1cccc(Cn2cncn2)c1)NCc1ccc(C)c(F)c1.I. The average molecular weight is 508 g/mol. The van der Waals surface area contributed by atoms with E-state index in [4.69, 9.17) is 0 Å². The van der Waals surface area contributed by atoms with Crippen molar-refractivity contribution in [2.24, 2.45) is 4.99 Å². The van der Waals surface area contributed by atoms with Gasteiger partial charge in [0.15, 0.2) is 5.96 Å². The third-order valence-corrected chi connectivity index (χ3v) is 4.26. The second kappa shape index (κ2) is 11.5. The maximum Gasteiger partial charge on any atom is 0.191 e. The lowest BCUT2D eigenvalue weighted by atomic mass is 10.1. The standard InChI is InChI=1S/C21H25FN6.HI/c1-3-24-21(26-12-18-8-7-16(2)20(22)10-18)25-11-17-5-4-6-19(9-17)13-28-15-23-14-27-28;/h4-10,14-15H,3,11-13H2,1-2H3,(H2,24,25,26);1H. The van der Waals surface area contributed by atoms with E-state index >= 15 is 0 Å². The van der Waals surface area contributed by atoms with Gasteiger partial charge in [0.25, 0.3) is 0 Å². The summed E-state index contributed by atoms with van der Waals surface area (Å²) in [6.45, 7) is 6.25. The van der Waals surface area contributed by atoms with Crippen LogP contribution < -0.4 is 10.6 Å². The van der Waals surface area contributed by atoms with E-state index in [1.54, 1.807) is 30.1 Å². The number of rotatable bonds is 7. The summed E-state index contributed by atoms with van der Waals surface area (Å²) >= 11 is 0. The molecule has 3 rings (SSSR count). The molecule has 0 aliphatic rings. The van der Waals surface area contributed by atoms with Crippen molar-refractivity contribution < 1.29 is 4.39 Å². The molecule has 0 aliphatic heterocycles. The van der Waals surface area contributed by atoms with Crippen molar-refractivity contribution in [3.8, 4) is 0 Å². The molecule has 0 saturated heterocycles. The molecule has 0 spiro atoms. The molecule has 0 atom stereocenters. The fraction of sp³-hybridized carbons (Fsp3) is 0.286. The van der Waals surface area contributed by atoms with E-state index < -0.39 is 0 Å². The molecule has 0 unspecified atom stereocenters. The minimum atomic E-state index is -0.189. The highest BCUT2D eigenvalue weighted by Crippen LogP contribution is 2.10. The fourth-order valence-electron chi connectivity index (χ4n) is 2.77. The van der Waals surface area contributed by atoms with Gasteiger partial charge in [-0.15, -0.1) is 24.0 Å². The Hall–Kier alpha value is -2.49. The van der Waals surface area contributed by atoms with Crippen LogP contribution >= 0.6 is 24.0 Å². The normalized spacial score (nSPS) is 11.1. The number of hydrogen-bond acceptors (Lipinski definition) is 3. The van der Waals surface area contributed by atoms with E-state index in [1.165, 1.54) is 6.33 Å². The Kier molecular flexibility index (Phi) is 9.04. The first-order valence-corrected chi connectivity index (χ1v) is 9.31. The summed E-state index contributed by atoms with van der Waals surface area (Å²) in [4.78, 5) is 8.61. The zero-order chi connectivity index (χ0) is 19.8. The summed E-state index contributed by atoms with van der Waals surface area (Å²) in [7, 11) is 0. The van der Waals surface area contributed by atoms with Gasteiger partial charge in [0, 0.05) is 13.1 Å². The van der Waals surface area contributed by atoms with Crippen LogP contribution in [0, 0.1) is 12.7 Å². The Labute approximate surface area is 187 Å². The van der Waals surface area contributed by atoms with Crippen LogP contribution in [0.1, 0.15) is 29.2 Å². The number of aliphatic imine (C=N–C) groups is 1. The lowest BCUT2D eigenvalue weighted by molar-refractivity contribution is 0.615. The van der Waals surface area contributed by atoms with E-state index in [1.807, 2.05) is 25.1 Å². The van der Waals surface area contributed by atoms with Crippen LogP contribution in [0.25, 0.3) is 0 Å². The summed E-state index contributed by atoms with van der Waals surface area (Å²) in [5.41, 5.74) is 3.78. The monoisotopic (exact) mass is 508 g/mol. The highest BCUT2D eigenvalue weighted by molar-refractivity contribution is 14.0. The average Bonchev–Trinajstić information content (AvgIpc) is 3.20. The number of guanidine groups is 1. The summed E-state index contributed by atoms with van der Waals surface area (Å²) in [5.74, 6) is 0.510. The lowest BCUT2D eigenvalue weighted by Crippen LogP contribution is -2.36. The summed E-state index contributed by atoms with van der Waals surface area (Å²) < 4.78 is 15.5. The molecule has 0 saturated carbocycles. The van der Waals surface area contributed by atoms with Crippen LogP contribution in [-0.2, 0) is 19.6 Å². The second-order valence-electron chi connectivity index (χ2n) is 6.55. The molecule has 1 aromatic heterocycles. The zero-order valence-corrected chi connectivity index (χ0v) is 18.9. The van der Waals surface area contributed by atoms with E-state index in [9.17, 15) is 4.39 Å². The van der Waals surface area contributed by atoms with Gasteiger partial charge < -0.3 is 10.6 Å². The number of nitrogens with one attached hydrogen (secondary N) is 2. The number of aryl methyl sites for hydroxylation is 1. The molecule has 0 bridgehead atoms. The van der Waals surface area contributed by atoms with Gasteiger partial charge in [-0.2, -0.15) is 5.10 Å². The Morgan fingerprint density at radius 3 is 2.66 bits per heavy atom. The maximum atomic E-state index is 13.7. The third kappa shape index (κ3) is 7.12. The first-order chi connectivity index (χ1) is 13.6. The first kappa shape index (κ1) is 22.8. The van der Waals surface area contributed by atoms with Crippen molar-refractivity contribution >= 4 is 29.9 Å². The van der Waals surface area contributed by atoms with Crippen molar-refractivity contribution in [3.63, 3.8) is 0 Å². The van der Waals surface area contributed by atoms with Gasteiger partial charge in [0.1, 0.15) is 18.5 Å². The molecule has 6 nitrogen and oxygen atoms in total. The van der Waals surface area contributed by atoms with E-state index in [0.29, 0.717) is 31.2 Å². The van der Waals surface area contributed by atoms with Crippen LogP contribution in [0.5, 0.6) is 0 Å². The van der Waals surface area contributed by atoms with Crippen molar-refractivity contribution in [3.05, 3.63) is 83.2 Å². The Morgan fingerprint density at radius 2 is 1.93 bits per heavy atom. The van der Waals surface area contributed by atoms with Crippen LogP contribution in [0.4, 0.5) is 4.39 Å². The molecule has 2 N–H and O–H groups in total. The van der Waals surface area contributed by atoms with Gasteiger partial charge in [-0.05, 0) is 42.2 Å². The number of hydrogen-bond donors (Lipinski definition) is 2. The highest BCUT2D eigenvalue weighted by atomic mass is 127. The van der Waals surface area contributed by atoms with E-state index in [-0.39, 0.29) is 29.8 Å². The van der Waals surface area contributed by atoms with Gasteiger partial charge in [0.05, 0.1) is 13.1 Å². The lowest BCUT2D eigenvalue weighted by Gasteiger charge is -2.12. The minimum absolute atomic E-state index is 0. The van der Waals surface area contributed by atoms with Crippen LogP contribution in [-0.4, -0.2) is 27.3 Å². The van der Waals surface area contributed by atoms with Gasteiger partial charge in [0.2, 0.25) is 0 Å². The number of nitrogens with zero attached hydrogens (tertiary/aromatic N) is 4. The summed E-state index contributed by atoms with van der Waals surface area (Å²) in [5, 5.41) is 10.6. The zero-order valence-electron chi connectivity index (χ0n) is 16.6. The predicted octanol–water partition coefficient (Wildman–Crippen LogP) is 3.65. The minimum Gasteiger partial charge on any atom is -0.357 e. The van der Waals surface area contributed by atoms with Crippen LogP contribution in [0.3, 0.4) is 0 Å². The molecule has 8 heteroatoms. The molecule has 154 valence electrons. The van der Waals surface area contributed by atoms with Crippen molar-refractivity contribution in [2.75, 3.05) is 6.54 Å². The Morgan fingerprint density at radius 1 is 1.10 bits per heavy atom. The van der Waals surface area contributed by atoms with Crippen molar-refractivity contribution in [2.45, 2.75) is 33.5 Å². The molecule has 0 amide bonds. The number of benzene rings is 2. The molecule has 29 heavy (non-hydrogen) atoms. The molecule has 2 aromatic carbocycles. The molecule has 0 fully saturated rings.